The van der Waals surface area contributed by atoms with Gasteiger partial charge in [0.05, 0.1) is 0 Å². The van der Waals surface area contributed by atoms with E-state index in [1.807, 2.05) is 48.2 Å². The molecule has 32 heavy (non-hydrogen) atoms. The molecule has 5 heteroatoms. The fraction of sp³-hybridized carbons (Fsp3) is 0.222. The summed E-state index contributed by atoms with van der Waals surface area (Å²) in [5.74, 6) is 1.08. The molecular formula is C27H27N3O2. The molecular weight excluding hydrogens is 398 g/mol. The highest BCUT2D eigenvalue weighted by Gasteiger charge is 2.15. The summed E-state index contributed by atoms with van der Waals surface area (Å²) in [5.41, 5.74) is 7.16. The minimum Gasteiger partial charge on any atom is -0.421 e. The van der Waals surface area contributed by atoms with Crippen LogP contribution in [0.3, 0.4) is 0 Å². The predicted molar refractivity (Wildman–Crippen MR) is 126 cm³/mol. The van der Waals surface area contributed by atoms with Crippen LogP contribution in [0.2, 0.25) is 0 Å². The Hall–Kier alpha value is -3.73. The third kappa shape index (κ3) is 4.62. The first kappa shape index (κ1) is 21.5. The van der Waals surface area contributed by atoms with Gasteiger partial charge in [-0.25, -0.2) is 0 Å². The van der Waals surface area contributed by atoms with Gasteiger partial charge in [0.25, 0.3) is 5.91 Å². The lowest BCUT2D eigenvalue weighted by Crippen LogP contribution is -2.30. The summed E-state index contributed by atoms with van der Waals surface area (Å²) < 4.78 is 5.57. The normalized spacial score (nSPS) is 10.9. The van der Waals surface area contributed by atoms with Crippen molar-refractivity contribution in [3.05, 3.63) is 94.9 Å². The fourth-order valence-electron chi connectivity index (χ4n) is 3.70. The van der Waals surface area contributed by atoms with E-state index in [-0.39, 0.29) is 5.91 Å². The Bertz CT molecular complexity index is 1220. The van der Waals surface area contributed by atoms with Gasteiger partial charge >= 0.3 is 0 Å². The average Bonchev–Trinajstić information content (AvgIpc) is 3.25. The van der Waals surface area contributed by atoms with E-state index in [0.29, 0.717) is 30.4 Å². The Morgan fingerprint density at radius 2 is 1.56 bits per heavy atom. The summed E-state index contributed by atoms with van der Waals surface area (Å²) in [7, 11) is 0. The van der Waals surface area contributed by atoms with Gasteiger partial charge in [0, 0.05) is 31.1 Å². The highest BCUT2D eigenvalue weighted by atomic mass is 16.4. The van der Waals surface area contributed by atoms with Crippen molar-refractivity contribution in [3.63, 3.8) is 0 Å². The van der Waals surface area contributed by atoms with Crippen LogP contribution in [0.4, 0.5) is 0 Å². The molecule has 0 unspecified atom stereocenters. The van der Waals surface area contributed by atoms with Crippen molar-refractivity contribution in [3.8, 4) is 22.6 Å². The average molecular weight is 426 g/mol. The molecule has 4 rings (SSSR count). The molecule has 0 aliphatic heterocycles. The van der Waals surface area contributed by atoms with Crippen LogP contribution in [0.1, 0.15) is 39.9 Å². The Balaban J connectivity index is 1.56. The van der Waals surface area contributed by atoms with E-state index in [1.54, 1.807) is 6.92 Å². The first-order valence-corrected chi connectivity index (χ1v) is 10.8. The first-order chi connectivity index (χ1) is 15.4. The minimum atomic E-state index is 0.0337. The van der Waals surface area contributed by atoms with Gasteiger partial charge in [-0.05, 0) is 67.3 Å². The van der Waals surface area contributed by atoms with Gasteiger partial charge in [0.15, 0.2) is 0 Å². The van der Waals surface area contributed by atoms with Crippen molar-refractivity contribution in [2.45, 2.75) is 34.2 Å². The van der Waals surface area contributed by atoms with Crippen molar-refractivity contribution >= 4 is 5.91 Å². The monoisotopic (exact) mass is 425 g/mol. The summed E-state index contributed by atoms with van der Waals surface area (Å²) >= 11 is 0. The maximum Gasteiger partial charge on any atom is 0.254 e. The van der Waals surface area contributed by atoms with E-state index in [2.05, 4.69) is 54.4 Å². The van der Waals surface area contributed by atoms with E-state index in [9.17, 15) is 4.79 Å². The van der Waals surface area contributed by atoms with Crippen molar-refractivity contribution in [2.75, 3.05) is 6.54 Å². The predicted octanol–water partition coefficient (Wildman–Crippen LogP) is 5.99. The molecule has 0 atom stereocenters. The van der Waals surface area contributed by atoms with Gasteiger partial charge in [-0.1, -0.05) is 48.0 Å². The number of benzene rings is 3. The zero-order valence-electron chi connectivity index (χ0n) is 18.9. The van der Waals surface area contributed by atoms with Crippen LogP contribution in [-0.2, 0) is 6.54 Å². The van der Waals surface area contributed by atoms with Crippen LogP contribution >= 0.6 is 0 Å². The molecule has 0 aliphatic rings. The van der Waals surface area contributed by atoms with Gasteiger partial charge in [0.2, 0.25) is 11.8 Å². The van der Waals surface area contributed by atoms with Crippen LogP contribution in [0.5, 0.6) is 0 Å². The van der Waals surface area contributed by atoms with E-state index in [0.717, 1.165) is 27.8 Å². The fourth-order valence-corrected chi connectivity index (χ4v) is 3.70. The van der Waals surface area contributed by atoms with Crippen molar-refractivity contribution in [1.29, 1.82) is 0 Å². The standard InChI is InChI=1S/C27H27N3O2/c1-5-30(17-21-9-6-18(2)7-10-21)27(31)23-14-12-22(13-15-23)25-16-24(11-8-19(25)3)26-29-28-20(4)32-26/h6-16H,5,17H2,1-4H3. The molecule has 0 radical (unpaired) electrons. The molecule has 162 valence electrons. The quantitative estimate of drug-likeness (QED) is 0.381. The molecule has 4 aromatic rings. The Labute approximate surface area is 188 Å². The number of carbonyl (C=O) groups is 1. The molecule has 0 saturated heterocycles. The van der Waals surface area contributed by atoms with Crippen LogP contribution < -0.4 is 0 Å². The molecule has 5 nitrogen and oxygen atoms in total. The lowest BCUT2D eigenvalue weighted by atomic mass is 9.97. The number of nitrogens with zero attached hydrogens (tertiary/aromatic N) is 3. The number of rotatable bonds is 6. The molecule has 1 aromatic heterocycles. The van der Waals surface area contributed by atoms with Crippen LogP contribution in [0.25, 0.3) is 22.6 Å². The van der Waals surface area contributed by atoms with Crippen molar-refractivity contribution in [1.82, 2.24) is 15.1 Å². The SMILES string of the molecule is CCN(Cc1ccc(C)cc1)C(=O)c1ccc(-c2cc(-c3nnc(C)o3)ccc2C)cc1. The van der Waals surface area contributed by atoms with Crippen molar-refractivity contribution < 1.29 is 9.21 Å². The molecule has 1 amide bonds. The van der Waals surface area contributed by atoms with Gasteiger partial charge in [-0.3, -0.25) is 4.79 Å². The summed E-state index contributed by atoms with van der Waals surface area (Å²) in [5, 5.41) is 8.04. The second kappa shape index (κ2) is 9.18. The molecule has 0 fully saturated rings. The highest BCUT2D eigenvalue weighted by molar-refractivity contribution is 5.94. The summed E-state index contributed by atoms with van der Waals surface area (Å²) in [6, 6.07) is 22.2. The second-order valence-electron chi connectivity index (χ2n) is 8.04. The molecule has 0 spiro atoms. The lowest BCUT2D eigenvalue weighted by Gasteiger charge is -2.21. The highest BCUT2D eigenvalue weighted by Crippen LogP contribution is 2.29. The molecule has 0 aliphatic carbocycles. The first-order valence-electron chi connectivity index (χ1n) is 10.8. The van der Waals surface area contributed by atoms with E-state index >= 15 is 0 Å². The molecule has 1 heterocycles. The second-order valence-corrected chi connectivity index (χ2v) is 8.04. The van der Waals surface area contributed by atoms with E-state index in [4.69, 9.17) is 4.42 Å². The number of amides is 1. The third-order valence-electron chi connectivity index (χ3n) is 5.62. The molecule has 0 saturated carbocycles. The maximum atomic E-state index is 13.1. The van der Waals surface area contributed by atoms with Crippen LogP contribution in [0.15, 0.2) is 71.1 Å². The van der Waals surface area contributed by atoms with Gasteiger partial charge in [-0.15, -0.1) is 10.2 Å². The molecule has 0 bridgehead atoms. The van der Waals surface area contributed by atoms with Gasteiger partial charge < -0.3 is 9.32 Å². The Morgan fingerprint density at radius 1 is 0.875 bits per heavy atom. The van der Waals surface area contributed by atoms with Crippen LogP contribution in [0, 0.1) is 20.8 Å². The largest absolute Gasteiger partial charge is 0.421 e. The molecule has 3 aromatic carbocycles. The Kier molecular flexibility index (Phi) is 6.17. The van der Waals surface area contributed by atoms with Gasteiger partial charge in [-0.2, -0.15) is 0 Å². The lowest BCUT2D eigenvalue weighted by molar-refractivity contribution is 0.0752. The summed E-state index contributed by atoms with van der Waals surface area (Å²) in [4.78, 5) is 15.0. The van der Waals surface area contributed by atoms with E-state index in [1.165, 1.54) is 5.56 Å². The van der Waals surface area contributed by atoms with Crippen molar-refractivity contribution in [2.24, 2.45) is 0 Å². The third-order valence-corrected chi connectivity index (χ3v) is 5.62. The Morgan fingerprint density at radius 3 is 2.19 bits per heavy atom. The zero-order valence-corrected chi connectivity index (χ0v) is 18.9. The maximum absolute atomic E-state index is 13.1. The number of carbonyl (C=O) groups excluding carboxylic acids is 1. The van der Waals surface area contributed by atoms with Gasteiger partial charge in [0.1, 0.15) is 0 Å². The number of aromatic nitrogens is 2. The topological polar surface area (TPSA) is 59.2 Å². The van der Waals surface area contributed by atoms with E-state index < -0.39 is 0 Å². The number of hydrogen-bond acceptors (Lipinski definition) is 4. The molecule has 0 N–H and O–H groups in total. The summed E-state index contributed by atoms with van der Waals surface area (Å²) in [6.07, 6.45) is 0. The van der Waals surface area contributed by atoms with Crippen LogP contribution in [-0.4, -0.2) is 27.5 Å². The number of aryl methyl sites for hydroxylation is 3. The zero-order chi connectivity index (χ0) is 22.7. The minimum absolute atomic E-state index is 0.0337. The smallest absolute Gasteiger partial charge is 0.254 e. The summed E-state index contributed by atoms with van der Waals surface area (Å²) in [6.45, 7) is 9.17. The number of hydrogen-bond donors (Lipinski definition) is 0.